The number of nitrogens with one attached hydrogen (secondary N) is 2. The third-order valence-electron chi connectivity index (χ3n) is 4.08. The molecular formula is C22H42N2O9. The Bertz CT molecular complexity index is 492. The van der Waals surface area contributed by atoms with Gasteiger partial charge in [0.15, 0.2) is 5.78 Å². The number of ether oxygens (including phenoxy) is 6. The fourth-order valence-corrected chi connectivity index (χ4v) is 2.25. The molecule has 2 N–H and O–H groups in total. The summed E-state index contributed by atoms with van der Waals surface area (Å²) in [5.74, 6) is -0.384. The Morgan fingerprint density at radius 3 is 1.73 bits per heavy atom. The first kappa shape index (κ1) is 31.4. The van der Waals surface area contributed by atoms with Gasteiger partial charge in [-0.2, -0.15) is 0 Å². The summed E-state index contributed by atoms with van der Waals surface area (Å²) in [6, 6.07) is 0. The molecule has 194 valence electrons. The maximum absolute atomic E-state index is 11.7. The Morgan fingerprint density at radius 1 is 0.606 bits per heavy atom. The number of unbranched alkanes of at least 4 members (excludes halogenated alkanes) is 1. The van der Waals surface area contributed by atoms with Crippen LogP contribution in [0.1, 0.15) is 32.6 Å². The Morgan fingerprint density at radius 2 is 1.12 bits per heavy atom. The molecule has 0 aromatic rings. The van der Waals surface area contributed by atoms with Crippen molar-refractivity contribution in [3.8, 4) is 0 Å². The van der Waals surface area contributed by atoms with Gasteiger partial charge in [-0.1, -0.05) is 13.3 Å². The molecule has 0 aliphatic heterocycles. The lowest BCUT2D eigenvalue weighted by Gasteiger charge is -2.08. The Labute approximate surface area is 197 Å². The topological polar surface area (TPSA) is 131 Å². The number of ketones is 1. The minimum Gasteiger partial charge on any atom is -0.379 e. The molecule has 0 rings (SSSR count). The van der Waals surface area contributed by atoms with Crippen molar-refractivity contribution in [2.75, 3.05) is 92.9 Å². The van der Waals surface area contributed by atoms with E-state index in [1.165, 1.54) is 0 Å². The number of carbonyl (C=O) groups excluding carboxylic acids is 3. The molecule has 0 unspecified atom stereocenters. The van der Waals surface area contributed by atoms with Gasteiger partial charge in [0.05, 0.1) is 46.2 Å². The zero-order valence-corrected chi connectivity index (χ0v) is 20.2. The van der Waals surface area contributed by atoms with Gasteiger partial charge in [0.1, 0.15) is 19.8 Å². The van der Waals surface area contributed by atoms with E-state index in [1.54, 1.807) is 7.05 Å². The molecule has 0 saturated carbocycles. The van der Waals surface area contributed by atoms with Gasteiger partial charge in [0.25, 0.3) is 0 Å². The third-order valence-corrected chi connectivity index (χ3v) is 4.08. The van der Waals surface area contributed by atoms with Crippen LogP contribution in [-0.2, 0) is 42.8 Å². The molecule has 11 nitrogen and oxygen atoms in total. The average Bonchev–Trinajstić information content (AvgIpc) is 2.81. The monoisotopic (exact) mass is 478 g/mol. The first-order chi connectivity index (χ1) is 16.1. The number of likely N-dealkylation sites (N-methyl/N-ethyl adjacent to an activating group) is 1. The Hall–Kier alpha value is -1.63. The van der Waals surface area contributed by atoms with E-state index in [9.17, 15) is 14.4 Å². The largest absolute Gasteiger partial charge is 0.379 e. The first-order valence-electron chi connectivity index (χ1n) is 11.6. The number of amides is 2. The molecule has 0 radical (unpaired) electrons. The van der Waals surface area contributed by atoms with E-state index in [4.69, 9.17) is 28.4 Å². The molecule has 0 aliphatic rings. The maximum atomic E-state index is 11.7. The molecular weight excluding hydrogens is 436 g/mol. The van der Waals surface area contributed by atoms with E-state index in [0.717, 1.165) is 19.4 Å². The summed E-state index contributed by atoms with van der Waals surface area (Å²) in [7, 11) is 1.55. The van der Waals surface area contributed by atoms with E-state index in [0.29, 0.717) is 72.2 Å². The second-order valence-electron chi connectivity index (χ2n) is 7.01. The quantitative estimate of drug-likeness (QED) is 0.175. The van der Waals surface area contributed by atoms with Crippen molar-refractivity contribution < 1.29 is 42.8 Å². The van der Waals surface area contributed by atoms with Crippen molar-refractivity contribution >= 4 is 17.6 Å². The summed E-state index contributed by atoms with van der Waals surface area (Å²) in [6.45, 7) is 6.28. The lowest BCUT2D eigenvalue weighted by atomic mass is 10.2. The van der Waals surface area contributed by atoms with Crippen molar-refractivity contribution in [3.63, 3.8) is 0 Å². The average molecular weight is 479 g/mol. The van der Waals surface area contributed by atoms with Gasteiger partial charge in [-0.3, -0.25) is 14.4 Å². The van der Waals surface area contributed by atoms with Crippen LogP contribution < -0.4 is 10.6 Å². The molecule has 0 bridgehead atoms. The predicted molar refractivity (Wildman–Crippen MR) is 121 cm³/mol. The summed E-state index contributed by atoms with van der Waals surface area (Å²) >= 11 is 0. The zero-order chi connectivity index (χ0) is 24.4. The SMILES string of the molecule is CCCCOCCOCC(=O)NCCOCCOCC(=O)CCCOCCOCC(=O)NC. The normalized spacial score (nSPS) is 10.8. The van der Waals surface area contributed by atoms with Gasteiger partial charge in [-0.05, 0) is 12.8 Å². The minimum atomic E-state index is -0.200. The molecule has 0 heterocycles. The maximum Gasteiger partial charge on any atom is 0.246 e. The summed E-state index contributed by atoms with van der Waals surface area (Å²) < 4.78 is 31.6. The standard InChI is InChI=1S/C22H42N2O9/c1-3-4-8-28-11-16-33-19-22(27)24-7-10-30-13-14-31-17-20(25)6-5-9-29-12-15-32-18-21(26)23-2/h3-19H2,1-2H3,(H,23,26)(H,24,27). The fraction of sp³-hybridized carbons (Fsp3) is 0.864. The van der Waals surface area contributed by atoms with Crippen molar-refractivity contribution in [1.82, 2.24) is 10.6 Å². The lowest BCUT2D eigenvalue weighted by Crippen LogP contribution is -2.31. The molecule has 0 fully saturated rings. The summed E-state index contributed by atoms with van der Waals surface area (Å²) in [5, 5.41) is 5.15. The highest BCUT2D eigenvalue weighted by Gasteiger charge is 2.03. The van der Waals surface area contributed by atoms with Gasteiger partial charge in [0.2, 0.25) is 11.8 Å². The highest BCUT2D eigenvalue weighted by molar-refractivity contribution is 5.79. The molecule has 0 saturated heterocycles. The van der Waals surface area contributed by atoms with Gasteiger partial charge < -0.3 is 39.1 Å². The van der Waals surface area contributed by atoms with Crippen LogP contribution >= 0.6 is 0 Å². The molecule has 0 atom stereocenters. The van der Waals surface area contributed by atoms with E-state index in [1.807, 2.05) is 0 Å². The van der Waals surface area contributed by atoms with Crippen molar-refractivity contribution in [1.29, 1.82) is 0 Å². The minimum absolute atomic E-state index is 0.00113. The lowest BCUT2D eigenvalue weighted by molar-refractivity contribution is -0.127. The second kappa shape index (κ2) is 25.0. The van der Waals surface area contributed by atoms with Crippen LogP contribution in [0.2, 0.25) is 0 Å². The van der Waals surface area contributed by atoms with E-state index in [-0.39, 0.29) is 37.4 Å². The molecule has 33 heavy (non-hydrogen) atoms. The van der Waals surface area contributed by atoms with Crippen LogP contribution in [0, 0.1) is 0 Å². The number of hydrogen-bond acceptors (Lipinski definition) is 9. The summed E-state index contributed by atoms with van der Waals surface area (Å²) in [6.07, 6.45) is 3.09. The van der Waals surface area contributed by atoms with E-state index >= 15 is 0 Å². The number of hydrogen-bond donors (Lipinski definition) is 2. The summed E-state index contributed by atoms with van der Waals surface area (Å²) in [5.41, 5.74) is 0. The summed E-state index contributed by atoms with van der Waals surface area (Å²) in [4.78, 5) is 34.2. The van der Waals surface area contributed by atoms with Crippen LogP contribution in [0.4, 0.5) is 0 Å². The van der Waals surface area contributed by atoms with Crippen molar-refractivity contribution in [3.05, 3.63) is 0 Å². The molecule has 0 aromatic carbocycles. The van der Waals surface area contributed by atoms with Crippen LogP contribution in [0.15, 0.2) is 0 Å². The van der Waals surface area contributed by atoms with Gasteiger partial charge >= 0.3 is 0 Å². The van der Waals surface area contributed by atoms with Crippen LogP contribution in [0.25, 0.3) is 0 Å². The number of rotatable bonds is 25. The van der Waals surface area contributed by atoms with Crippen LogP contribution in [0.3, 0.4) is 0 Å². The van der Waals surface area contributed by atoms with Crippen molar-refractivity contribution in [2.24, 2.45) is 0 Å². The fourth-order valence-electron chi connectivity index (χ4n) is 2.25. The number of carbonyl (C=O) groups is 3. The number of Topliss-reactive ketones (excluding diaryl/α,β-unsaturated/α-hetero) is 1. The van der Waals surface area contributed by atoms with E-state index in [2.05, 4.69) is 17.6 Å². The third kappa shape index (κ3) is 24.8. The van der Waals surface area contributed by atoms with E-state index < -0.39 is 0 Å². The van der Waals surface area contributed by atoms with Crippen LogP contribution in [-0.4, -0.2) is 110 Å². The molecule has 2 amide bonds. The highest BCUT2D eigenvalue weighted by atomic mass is 16.5. The van der Waals surface area contributed by atoms with Gasteiger partial charge in [0, 0.05) is 33.2 Å². The van der Waals surface area contributed by atoms with Gasteiger partial charge in [-0.25, -0.2) is 0 Å². The molecule has 0 aromatic heterocycles. The van der Waals surface area contributed by atoms with Crippen LogP contribution in [0.5, 0.6) is 0 Å². The van der Waals surface area contributed by atoms with Crippen molar-refractivity contribution in [2.45, 2.75) is 32.6 Å². The Kier molecular flexibility index (Phi) is 23.8. The molecule has 11 heteroatoms. The predicted octanol–water partition coefficient (Wildman–Crippen LogP) is 0.0976. The zero-order valence-electron chi connectivity index (χ0n) is 20.2. The highest BCUT2D eigenvalue weighted by Crippen LogP contribution is 1.94. The Balaban J connectivity index is 3.29. The molecule has 0 spiro atoms. The van der Waals surface area contributed by atoms with Gasteiger partial charge in [-0.15, -0.1) is 0 Å². The smallest absolute Gasteiger partial charge is 0.246 e. The first-order valence-corrected chi connectivity index (χ1v) is 11.6. The molecule has 0 aliphatic carbocycles. The second-order valence-corrected chi connectivity index (χ2v) is 7.01.